The molecule has 0 saturated carbocycles. The summed E-state index contributed by atoms with van der Waals surface area (Å²) in [5.41, 5.74) is 3.23. The van der Waals surface area contributed by atoms with E-state index in [0.29, 0.717) is 13.1 Å². The molecule has 0 aliphatic carbocycles. The summed E-state index contributed by atoms with van der Waals surface area (Å²) in [6, 6.07) is 10.4. The topological polar surface area (TPSA) is 50.2 Å². The van der Waals surface area contributed by atoms with Crippen molar-refractivity contribution in [2.24, 2.45) is 0 Å². The highest BCUT2D eigenvalue weighted by Crippen LogP contribution is 2.22. The summed E-state index contributed by atoms with van der Waals surface area (Å²) in [7, 11) is 0. The van der Waals surface area contributed by atoms with Gasteiger partial charge in [-0.2, -0.15) is 23.1 Å². The fraction of sp³-hybridized carbons (Fsp3) is 0.429. The highest BCUT2D eigenvalue weighted by molar-refractivity contribution is 7.97. The summed E-state index contributed by atoms with van der Waals surface area (Å²) in [5.74, 6) is 1.76. The average molecular weight is 417 g/mol. The van der Waals surface area contributed by atoms with Crippen molar-refractivity contribution < 1.29 is 4.79 Å². The maximum atomic E-state index is 12.8. The smallest absolute Gasteiger partial charge is 0.240 e. The van der Waals surface area contributed by atoms with Crippen LogP contribution in [-0.4, -0.2) is 46.2 Å². The Morgan fingerprint density at radius 2 is 2.07 bits per heavy atom. The molecule has 0 radical (unpaired) electrons. The number of hydrogen-bond acceptors (Lipinski definition) is 5. The van der Waals surface area contributed by atoms with Crippen molar-refractivity contribution in [3.05, 3.63) is 52.5 Å². The van der Waals surface area contributed by atoms with Crippen LogP contribution in [-0.2, 0) is 17.1 Å². The molecule has 5 nitrogen and oxygen atoms in total. The van der Waals surface area contributed by atoms with Crippen LogP contribution in [0.1, 0.15) is 31.3 Å². The Morgan fingerprint density at radius 1 is 1.29 bits per heavy atom. The van der Waals surface area contributed by atoms with Crippen LogP contribution in [0.15, 0.2) is 41.1 Å². The number of carbonyl (C=O) groups is 1. The Labute approximate surface area is 175 Å². The van der Waals surface area contributed by atoms with E-state index in [1.807, 2.05) is 28.8 Å². The molecule has 0 spiro atoms. The third kappa shape index (κ3) is 4.77. The molecule has 0 aliphatic rings. The van der Waals surface area contributed by atoms with E-state index in [0.717, 1.165) is 35.7 Å². The highest BCUT2D eigenvalue weighted by Gasteiger charge is 2.20. The molecule has 0 aliphatic heterocycles. The van der Waals surface area contributed by atoms with Gasteiger partial charge in [0.15, 0.2) is 0 Å². The quantitative estimate of drug-likeness (QED) is 0.539. The first-order valence-electron chi connectivity index (χ1n) is 9.63. The lowest BCUT2D eigenvalue weighted by Gasteiger charge is -2.29. The Bertz CT molecular complexity index is 887. The molecule has 2 aromatic heterocycles. The van der Waals surface area contributed by atoms with Gasteiger partial charge in [-0.25, -0.2) is 4.98 Å². The minimum absolute atomic E-state index is 0.0258. The van der Waals surface area contributed by atoms with Crippen molar-refractivity contribution in [1.29, 1.82) is 0 Å². The Balaban J connectivity index is 1.73. The van der Waals surface area contributed by atoms with Gasteiger partial charge in [-0.05, 0) is 53.9 Å². The third-order valence-corrected chi connectivity index (χ3v) is 6.23. The van der Waals surface area contributed by atoms with E-state index in [-0.39, 0.29) is 11.9 Å². The summed E-state index contributed by atoms with van der Waals surface area (Å²) in [6.07, 6.45) is 2.05. The number of thiophene rings is 1. The van der Waals surface area contributed by atoms with Crippen LogP contribution in [0.25, 0.3) is 11.0 Å². The van der Waals surface area contributed by atoms with Crippen molar-refractivity contribution in [3.63, 3.8) is 0 Å². The van der Waals surface area contributed by atoms with E-state index >= 15 is 0 Å². The largest absolute Gasteiger partial charge is 0.353 e. The summed E-state index contributed by atoms with van der Waals surface area (Å²) >= 11 is 3.42. The Hall–Kier alpha value is -1.83. The first-order valence-corrected chi connectivity index (χ1v) is 12.0. The molecule has 3 rings (SSSR count). The van der Waals surface area contributed by atoms with E-state index in [9.17, 15) is 4.79 Å². The van der Waals surface area contributed by atoms with Gasteiger partial charge in [0.2, 0.25) is 5.91 Å². The summed E-state index contributed by atoms with van der Waals surface area (Å²) in [6.45, 7) is 7.15. The first kappa shape index (κ1) is 20.9. The molecule has 1 aromatic carbocycles. The molecule has 7 heteroatoms. The third-order valence-electron chi connectivity index (χ3n) is 4.98. The summed E-state index contributed by atoms with van der Waals surface area (Å²) in [5, 5.41) is 7.43. The molecule has 1 atom stereocenters. The van der Waals surface area contributed by atoms with Crippen LogP contribution in [0, 0.1) is 0 Å². The molecule has 2 heterocycles. The molecule has 0 unspecified atom stereocenters. The monoisotopic (exact) mass is 416 g/mol. The Morgan fingerprint density at radius 3 is 2.75 bits per heavy atom. The predicted molar refractivity (Wildman–Crippen MR) is 120 cm³/mol. The van der Waals surface area contributed by atoms with Crippen molar-refractivity contribution >= 4 is 40.0 Å². The van der Waals surface area contributed by atoms with Gasteiger partial charge in [0, 0.05) is 6.54 Å². The van der Waals surface area contributed by atoms with Crippen LogP contribution in [0.3, 0.4) is 0 Å². The average Bonchev–Trinajstić information content (AvgIpc) is 3.34. The van der Waals surface area contributed by atoms with E-state index in [4.69, 9.17) is 4.98 Å². The zero-order valence-electron chi connectivity index (χ0n) is 16.7. The number of hydrogen-bond donors (Lipinski definition) is 1. The van der Waals surface area contributed by atoms with Gasteiger partial charge < -0.3 is 9.88 Å². The Kier molecular flexibility index (Phi) is 7.53. The van der Waals surface area contributed by atoms with Crippen molar-refractivity contribution in [2.45, 2.75) is 32.2 Å². The number of nitrogens with zero attached hydrogens (tertiary/aromatic N) is 3. The number of aromatic nitrogens is 2. The van der Waals surface area contributed by atoms with Crippen LogP contribution in [0.2, 0.25) is 0 Å². The molecule has 0 saturated heterocycles. The number of likely N-dealkylation sites (N-methyl/N-ethyl adjacent to an activating group) is 1. The molecule has 28 heavy (non-hydrogen) atoms. The SMILES string of the molecule is CCN(CC)[C@@H](CNC(=O)Cn1c(CSC)nc2ccccc21)c1ccsc1. The van der Waals surface area contributed by atoms with Crippen LogP contribution in [0.4, 0.5) is 0 Å². The molecule has 1 N–H and O–H groups in total. The number of carbonyl (C=O) groups excluding carboxylic acids is 1. The minimum Gasteiger partial charge on any atom is -0.353 e. The second-order valence-corrected chi connectivity index (χ2v) is 8.28. The maximum Gasteiger partial charge on any atom is 0.240 e. The molecule has 3 aromatic rings. The normalized spacial score (nSPS) is 12.6. The minimum atomic E-state index is 0.0258. The van der Waals surface area contributed by atoms with Gasteiger partial charge in [-0.1, -0.05) is 26.0 Å². The zero-order chi connectivity index (χ0) is 19.9. The van der Waals surface area contributed by atoms with Gasteiger partial charge >= 0.3 is 0 Å². The lowest BCUT2D eigenvalue weighted by atomic mass is 10.1. The van der Waals surface area contributed by atoms with Crippen LogP contribution in [0.5, 0.6) is 0 Å². The van der Waals surface area contributed by atoms with E-state index in [1.165, 1.54) is 5.56 Å². The number of nitrogens with one attached hydrogen (secondary N) is 1. The number of para-hydroxylation sites is 2. The number of rotatable bonds is 10. The lowest BCUT2D eigenvalue weighted by molar-refractivity contribution is -0.121. The molecule has 0 bridgehead atoms. The summed E-state index contributed by atoms with van der Waals surface area (Å²) in [4.78, 5) is 19.9. The summed E-state index contributed by atoms with van der Waals surface area (Å²) < 4.78 is 2.04. The number of thioether (sulfide) groups is 1. The fourth-order valence-corrected chi connectivity index (χ4v) is 4.72. The maximum absolute atomic E-state index is 12.8. The number of imidazole rings is 1. The highest BCUT2D eigenvalue weighted by atomic mass is 32.2. The predicted octanol–water partition coefficient (Wildman–Crippen LogP) is 4.16. The molecule has 150 valence electrons. The van der Waals surface area contributed by atoms with Gasteiger partial charge in [-0.3, -0.25) is 9.69 Å². The second kappa shape index (κ2) is 10.1. The zero-order valence-corrected chi connectivity index (χ0v) is 18.4. The first-order chi connectivity index (χ1) is 13.7. The van der Waals surface area contributed by atoms with Crippen molar-refractivity contribution in [2.75, 3.05) is 25.9 Å². The van der Waals surface area contributed by atoms with E-state index in [2.05, 4.69) is 47.1 Å². The molecule has 1 amide bonds. The van der Waals surface area contributed by atoms with E-state index < -0.39 is 0 Å². The molecular weight excluding hydrogens is 388 g/mol. The standard InChI is InChI=1S/C21H28N4OS2/c1-4-24(5-2)19(16-10-11-28-14-16)12-22-21(26)13-25-18-9-7-6-8-17(18)23-20(25)15-27-3/h6-11,14,19H,4-5,12-13,15H2,1-3H3,(H,22,26)/t19-/m0/s1. The van der Waals surface area contributed by atoms with Crippen LogP contribution >= 0.6 is 23.1 Å². The van der Waals surface area contributed by atoms with Gasteiger partial charge in [0.1, 0.15) is 12.4 Å². The molecular formula is C21H28N4OS2. The van der Waals surface area contributed by atoms with Gasteiger partial charge in [0.05, 0.1) is 22.8 Å². The van der Waals surface area contributed by atoms with Crippen molar-refractivity contribution in [1.82, 2.24) is 19.8 Å². The number of fused-ring (bicyclic) bond motifs is 1. The lowest BCUT2D eigenvalue weighted by Crippen LogP contribution is -2.39. The van der Waals surface area contributed by atoms with Crippen LogP contribution < -0.4 is 5.32 Å². The van der Waals surface area contributed by atoms with Crippen molar-refractivity contribution in [3.8, 4) is 0 Å². The number of benzene rings is 1. The second-order valence-electron chi connectivity index (χ2n) is 6.63. The van der Waals surface area contributed by atoms with Gasteiger partial charge in [-0.15, -0.1) is 0 Å². The van der Waals surface area contributed by atoms with E-state index in [1.54, 1.807) is 23.1 Å². The molecule has 0 fully saturated rings. The fourth-order valence-electron chi connectivity index (χ4n) is 3.54. The van der Waals surface area contributed by atoms with Gasteiger partial charge in [0.25, 0.3) is 0 Å². The number of amides is 1.